The number of rotatable bonds is 3. The topological polar surface area (TPSA) is 43.3 Å². The average molecular weight is 222 g/mol. The molecule has 2 rings (SSSR count). The van der Waals surface area contributed by atoms with Crippen LogP contribution in [0, 0.1) is 5.92 Å². The molecule has 0 radical (unpaired) electrons. The van der Waals surface area contributed by atoms with E-state index in [0.717, 1.165) is 13.1 Å². The number of ether oxygens (including phenoxy) is 1. The molecule has 1 fully saturated rings. The number of aromatic nitrogens is 1. The molecule has 4 heteroatoms. The molecule has 4 nitrogen and oxygen atoms in total. The van der Waals surface area contributed by atoms with Gasteiger partial charge in [0.05, 0.1) is 6.61 Å². The fourth-order valence-electron chi connectivity index (χ4n) is 1.94. The molecule has 0 aliphatic carbocycles. The van der Waals surface area contributed by atoms with Crippen LogP contribution in [0.15, 0.2) is 23.3 Å². The van der Waals surface area contributed by atoms with Crippen LogP contribution in [0.25, 0.3) is 0 Å². The summed E-state index contributed by atoms with van der Waals surface area (Å²) in [5.41, 5.74) is -0.0399. The molecule has 0 spiro atoms. The Morgan fingerprint density at radius 2 is 2.50 bits per heavy atom. The largest absolute Gasteiger partial charge is 0.488 e. The van der Waals surface area contributed by atoms with E-state index in [4.69, 9.17) is 4.74 Å². The summed E-state index contributed by atoms with van der Waals surface area (Å²) in [6.07, 6.45) is 5.84. The normalized spacial score (nSPS) is 20.7. The highest BCUT2D eigenvalue weighted by Gasteiger charge is 2.14. The van der Waals surface area contributed by atoms with Crippen LogP contribution in [-0.4, -0.2) is 24.3 Å². The summed E-state index contributed by atoms with van der Waals surface area (Å²) in [5.74, 6) is 0.981. The Balaban J connectivity index is 1.93. The Morgan fingerprint density at radius 1 is 1.62 bits per heavy atom. The fourth-order valence-corrected chi connectivity index (χ4v) is 1.94. The Kier molecular flexibility index (Phi) is 3.62. The van der Waals surface area contributed by atoms with E-state index >= 15 is 0 Å². The van der Waals surface area contributed by atoms with Crippen LogP contribution in [0.2, 0.25) is 0 Å². The highest BCUT2D eigenvalue weighted by Crippen LogP contribution is 2.11. The van der Waals surface area contributed by atoms with Gasteiger partial charge in [-0.1, -0.05) is 0 Å². The lowest BCUT2D eigenvalue weighted by Crippen LogP contribution is -2.33. The highest BCUT2D eigenvalue weighted by molar-refractivity contribution is 5.17. The summed E-state index contributed by atoms with van der Waals surface area (Å²) in [6, 6.07) is 1.54. The van der Waals surface area contributed by atoms with Crippen molar-refractivity contribution in [1.82, 2.24) is 9.88 Å². The zero-order valence-corrected chi connectivity index (χ0v) is 9.61. The number of nitrogens with one attached hydrogen (secondary N) is 1. The number of aryl methyl sites for hydroxylation is 1. The maximum atomic E-state index is 11.5. The zero-order valence-electron chi connectivity index (χ0n) is 9.61. The summed E-state index contributed by atoms with van der Waals surface area (Å²) < 4.78 is 7.41. The minimum Gasteiger partial charge on any atom is -0.488 e. The SMILES string of the molecule is Cn1ccc(=O)c(OCC2CCCNC2)c1. The quantitative estimate of drug-likeness (QED) is 0.821. The predicted molar refractivity (Wildman–Crippen MR) is 62.8 cm³/mol. The van der Waals surface area contributed by atoms with E-state index in [0.29, 0.717) is 18.3 Å². The Labute approximate surface area is 95.2 Å². The van der Waals surface area contributed by atoms with Crippen LogP contribution in [-0.2, 0) is 7.05 Å². The molecule has 88 valence electrons. The van der Waals surface area contributed by atoms with Gasteiger partial charge < -0.3 is 14.6 Å². The van der Waals surface area contributed by atoms with Gasteiger partial charge in [-0.3, -0.25) is 4.79 Å². The number of piperidine rings is 1. The molecular weight excluding hydrogens is 204 g/mol. The summed E-state index contributed by atoms with van der Waals surface area (Å²) in [7, 11) is 1.88. The van der Waals surface area contributed by atoms with Gasteiger partial charge in [0, 0.05) is 38.0 Å². The molecule has 1 atom stereocenters. The van der Waals surface area contributed by atoms with Crippen molar-refractivity contribution in [2.75, 3.05) is 19.7 Å². The minimum absolute atomic E-state index is 0.0399. The van der Waals surface area contributed by atoms with E-state index in [1.165, 1.54) is 18.9 Å². The van der Waals surface area contributed by atoms with Gasteiger partial charge in [-0.15, -0.1) is 0 Å². The van der Waals surface area contributed by atoms with Gasteiger partial charge in [0.1, 0.15) is 0 Å². The second kappa shape index (κ2) is 5.16. The third-order valence-corrected chi connectivity index (χ3v) is 2.90. The van der Waals surface area contributed by atoms with Crippen molar-refractivity contribution in [1.29, 1.82) is 0 Å². The van der Waals surface area contributed by atoms with Crippen LogP contribution < -0.4 is 15.5 Å². The molecule has 0 saturated carbocycles. The zero-order chi connectivity index (χ0) is 11.4. The molecule has 1 aliphatic rings. The third kappa shape index (κ3) is 2.85. The predicted octanol–water partition coefficient (Wildman–Crippen LogP) is 0.764. The molecule has 16 heavy (non-hydrogen) atoms. The molecule has 1 aliphatic heterocycles. The van der Waals surface area contributed by atoms with Crippen molar-refractivity contribution in [2.24, 2.45) is 13.0 Å². The Morgan fingerprint density at radius 3 is 3.25 bits per heavy atom. The van der Waals surface area contributed by atoms with Gasteiger partial charge >= 0.3 is 0 Å². The summed E-state index contributed by atoms with van der Waals surface area (Å²) in [5, 5.41) is 3.33. The van der Waals surface area contributed by atoms with E-state index in [9.17, 15) is 4.79 Å². The van der Waals surface area contributed by atoms with E-state index in [2.05, 4.69) is 5.32 Å². The van der Waals surface area contributed by atoms with Gasteiger partial charge in [0.2, 0.25) is 5.43 Å². The van der Waals surface area contributed by atoms with Crippen LogP contribution in [0.1, 0.15) is 12.8 Å². The standard InChI is InChI=1S/C12H18N2O2/c1-14-6-4-11(15)12(8-14)16-9-10-3-2-5-13-7-10/h4,6,8,10,13H,2-3,5,7,9H2,1H3. The van der Waals surface area contributed by atoms with Gasteiger partial charge in [-0.05, 0) is 19.4 Å². The molecule has 0 bridgehead atoms. The van der Waals surface area contributed by atoms with Crippen molar-refractivity contribution in [3.05, 3.63) is 28.7 Å². The van der Waals surface area contributed by atoms with Crippen molar-refractivity contribution in [3.63, 3.8) is 0 Å². The lowest BCUT2D eigenvalue weighted by molar-refractivity contribution is 0.216. The smallest absolute Gasteiger partial charge is 0.223 e. The van der Waals surface area contributed by atoms with Gasteiger partial charge in [-0.2, -0.15) is 0 Å². The van der Waals surface area contributed by atoms with E-state index in [1.54, 1.807) is 12.4 Å². The van der Waals surface area contributed by atoms with Crippen molar-refractivity contribution in [2.45, 2.75) is 12.8 Å². The van der Waals surface area contributed by atoms with E-state index in [1.807, 2.05) is 11.6 Å². The first-order valence-corrected chi connectivity index (χ1v) is 5.75. The Bertz CT molecular complexity index is 394. The van der Waals surface area contributed by atoms with Gasteiger partial charge in [0.15, 0.2) is 5.75 Å². The molecule has 2 heterocycles. The molecule has 1 saturated heterocycles. The van der Waals surface area contributed by atoms with Crippen LogP contribution in [0.4, 0.5) is 0 Å². The van der Waals surface area contributed by atoms with Gasteiger partial charge in [-0.25, -0.2) is 0 Å². The second-order valence-corrected chi connectivity index (χ2v) is 4.36. The fraction of sp³-hybridized carbons (Fsp3) is 0.583. The lowest BCUT2D eigenvalue weighted by Gasteiger charge is -2.22. The number of nitrogens with zero attached hydrogens (tertiary/aromatic N) is 1. The van der Waals surface area contributed by atoms with Crippen molar-refractivity contribution in [3.8, 4) is 5.75 Å². The molecule has 0 aromatic carbocycles. The summed E-state index contributed by atoms with van der Waals surface area (Å²) in [4.78, 5) is 11.5. The molecule has 1 aromatic rings. The summed E-state index contributed by atoms with van der Waals surface area (Å²) in [6.45, 7) is 2.73. The number of hydrogen-bond acceptors (Lipinski definition) is 3. The molecule has 0 amide bonds. The minimum atomic E-state index is -0.0399. The first-order chi connectivity index (χ1) is 7.75. The monoisotopic (exact) mass is 222 g/mol. The van der Waals surface area contributed by atoms with Crippen LogP contribution in [0.3, 0.4) is 0 Å². The molecule has 1 N–H and O–H groups in total. The number of pyridine rings is 1. The van der Waals surface area contributed by atoms with Crippen LogP contribution >= 0.6 is 0 Å². The summed E-state index contributed by atoms with van der Waals surface area (Å²) >= 11 is 0. The molecular formula is C12H18N2O2. The van der Waals surface area contributed by atoms with E-state index < -0.39 is 0 Å². The van der Waals surface area contributed by atoms with Gasteiger partial charge in [0.25, 0.3) is 0 Å². The highest BCUT2D eigenvalue weighted by atomic mass is 16.5. The first-order valence-electron chi connectivity index (χ1n) is 5.75. The third-order valence-electron chi connectivity index (χ3n) is 2.90. The number of hydrogen-bond donors (Lipinski definition) is 1. The lowest BCUT2D eigenvalue weighted by atomic mass is 10.0. The van der Waals surface area contributed by atoms with Crippen LogP contribution in [0.5, 0.6) is 5.75 Å². The maximum absolute atomic E-state index is 11.5. The average Bonchev–Trinajstić information content (AvgIpc) is 2.32. The Hall–Kier alpha value is -1.29. The molecule has 1 unspecified atom stereocenters. The second-order valence-electron chi connectivity index (χ2n) is 4.36. The maximum Gasteiger partial charge on any atom is 0.223 e. The van der Waals surface area contributed by atoms with Crippen molar-refractivity contribution < 1.29 is 4.74 Å². The van der Waals surface area contributed by atoms with E-state index in [-0.39, 0.29) is 5.43 Å². The van der Waals surface area contributed by atoms with Crippen molar-refractivity contribution >= 4 is 0 Å². The molecule has 1 aromatic heterocycles. The first kappa shape index (κ1) is 11.2.